The summed E-state index contributed by atoms with van der Waals surface area (Å²) < 4.78 is 12.3. The van der Waals surface area contributed by atoms with E-state index in [1.165, 1.54) is 52.0 Å². The highest BCUT2D eigenvalue weighted by Gasteiger charge is 2.34. The van der Waals surface area contributed by atoms with Crippen molar-refractivity contribution in [1.29, 1.82) is 0 Å². The average Bonchev–Trinajstić information content (AvgIpc) is 2.74. The molecule has 0 fully saturated rings. The van der Waals surface area contributed by atoms with Gasteiger partial charge in [-0.05, 0) is 104 Å². The van der Waals surface area contributed by atoms with Gasteiger partial charge in [-0.2, -0.15) is 0 Å². The van der Waals surface area contributed by atoms with Crippen molar-refractivity contribution >= 4 is 8.56 Å². The average molecular weight is 432 g/mol. The molecule has 0 spiro atoms. The van der Waals surface area contributed by atoms with Gasteiger partial charge in [0.1, 0.15) is 0 Å². The van der Waals surface area contributed by atoms with Crippen molar-refractivity contribution in [2.75, 3.05) is 72.1 Å². The zero-order valence-corrected chi connectivity index (χ0v) is 22.0. The molecule has 0 N–H and O–H groups in total. The van der Waals surface area contributed by atoms with Gasteiger partial charge in [0.2, 0.25) is 0 Å². The lowest BCUT2D eigenvalue weighted by atomic mass is 10.2. The van der Waals surface area contributed by atoms with Crippen LogP contribution in [0, 0.1) is 0 Å². The standard InChI is InChI=1S/C23H53N3O2Si/c1-8-24(9-2)18-15-20-26(21-16-19-25(10-3)11-4)22-17-23-29(14-7,27-12-5)28-13-6/h8-23H2,1-7H3. The van der Waals surface area contributed by atoms with Crippen LogP contribution in [-0.4, -0.2) is 95.4 Å². The summed E-state index contributed by atoms with van der Waals surface area (Å²) in [5.41, 5.74) is 0. The van der Waals surface area contributed by atoms with E-state index in [4.69, 9.17) is 8.85 Å². The first-order valence-electron chi connectivity index (χ1n) is 12.5. The van der Waals surface area contributed by atoms with Gasteiger partial charge in [-0.1, -0.05) is 34.6 Å². The summed E-state index contributed by atoms with van der Waals surface area (Å²) in [5, 5.41) is 0. The molecule has 0 bridgehead atoms. The van der Waals surface area contributed by atoms with E-state index in [1.807, 2.05) is 0 Å². The monoisotopic (exact) mass is 431 g/mol. The Balaban J connectivity index is 4.64. The van der Waals surface area contributed by atoms with E-state index in [0.717, 1.165) is 51.5 Å². The number of hydrogen-bond acceptors (Lipinski definition) is 5. The van der Waals surface area contributed by atoms with Crippen molar-refractivity contribution < 1.29 is 8.85 Å². The fourth-order valence-corrected chi connectivity index (χ4v) is 7.00. The van der Waals surface area contributed by atoms with Crippen molar-refractivity contribution in [1.82, 2.24) is 14.7 Å². The Morgan fingerprint density at radius 2 is 0.897 bits per heavy atom. The molecule has 0 saturated heterocycles. The lowest BCUT2D eigenvalue weighted by molar-refractivity contribution is 0.178. The van der Waals surface area contributed by atoms with Crippen molar-refractivity contribution in [3.8, 4) is 0 Å². The molecule has 6 heteroatoms. The zero-order valence-electron chi connectivity index (χ0n) is 21.0. The summed E-state index contributed by atoms with van der Waals surface area (Å²) in [7, 11) is -2.00. The number of hydrogen-bond donors (Lipinski definition) is 0. The first kappa shape index (κ1) is 29.0. The van der Waals surface area contributed by atoms with Crippen LogP contribution in [0.3, 0.4) is 0 Å². The Hall–Kier alpha value is 0.0169. The van der Waals surface area contributed by atoms with Crippen LogP contribution in [0.15, 0.2) is 0 Å². The van der Waals surface area contributed by atoms with Crippen molar-refractivity contribution in [3.05, 3.63) is 0 Å². The predicted molar refractivity (Wildman–Crippen MR) is 130 cm³/mol. The van der Waals surface area contributed by atoms with Gasteiger partial charge in [-0.25, -0.2) is 0 Å². The second-order valence-electron chi connectivity index (χ2n) is 7.84. The lowest BCUT2D eigenvalue weighted by Gasteiger charge is -2.31. The normalized spacial score (nSPS) is 12.6. The Kier molecular flexibility index (Phi) is 18.8. The minimum absolute atomic E-state index is 0.775. The van der Waals surface area contributed by atoms with Crippen LogP contribution in [0.25, 0.3) is 0 Å². The van der Waals surface area contributed by atoms with E-state index in [2.05, 4.69) is 63.2 Å². The van der Waals surface area contributed by atoms with Gasteiger partial charge in [0, 0.05) is 13.2 Å². The molecule has 29 heavy (non-hydrogen) atoms. The maximum Gasteiger partial charge on any atom is 0.337 e. The first-order valence-corrected chi connectivity index (χ1v) is 14.7. The maximum atomic E-state index is 6.17. The summed E-state index contributed by atoms with van der Waals surface area (Å²) in [6, 6.07) is 2.17. The quantitative estimate of drug-likeness (QED) is 0.246. The van der Waals surface area contributed by atoms with Crippen LogP contribution in [-0.2, 0) is 8.85 Å². The van der Waals surface area contributed by atoms with Crippen LogP contribution in [0.2, 0.25) is 12.1 Å². The fourth-order valence-electron chi connectivity index (χ4n) is 4.12. The Bertz CT molecular complexity index is 329. The van der Waals surface area contributed by atoms with Crippen LogP contribution in [0.5, 0.6) is 0 Å². The Labute approximate surface area is 184 Å². The summed E-state index contributed by atoms with van der Waals surface area (Å²) in [6.07, 6.45) is 3.72. The van der Waals surface area contributed by atoms with E-state index in [-0.39, 0.29) is 0 Å². The molecule has 0 rings (SSSR count). The van der Waals surface area contributed by atoms with Crippen LogP contribution >= 0.6 is 0 Å². The third kappa shape index (κ3) is 13.1. The van der Waals surface area contributed by atoms with E-state index in [1.54, 1.807) is 0 Å². The van der Waals surface area contributed by atoms with Gasteiger partial charge in [0.05, 0.1) is 0 Å². The van der Waals surface area contributed by atoms with Gasteiger partial charge in [-0.3, -0.25) is 0 Å². The van der Waals surface area contributed by atoms with Gasteiger partial charge in [0.15, 0.2) is 0 Å². The number of nitrogens with zero attached hydrogens (tertiary/aromatic N) is 3. The van der Waals surface area contributed by atoms with Crippen LogP contribution in [0.1, 0.15) is 67.7 Å². The molecular weight excluding hydrogens is 378 g/mol. The highest BCUT2D eigenvalue weighted by molar-refractivity contribution is 6.67. The third-order valence-corrected chi connectivity index (χ3v) is 9.89. The Morgan fingerprint density at radius 1 is 0.517 bits per heavy atom. The first-order chi connectivity index (χ1) is 14.0. The summed E-state index contributed by atoms with van der Waals surface area (Å²) in [4.78, 5) is 7.76. The molecule has 0 aromatic rings. The topological polar surface area (TPSA) is 28.2 Å². The van der Waals surface area contributed by atoms with E-state index in [9.17, 15) is 0 Å². The molecule has 0 saturated carbocycles. The molecule has 0 atom stereocenters. The summed E-state index contributed by atoms with van der Waals surface area (Å²) >= 11 is 0. The second-order valence-corrected chi connectivity index (χ2v) is 11.4. The molecule has 0 aliphatic carbocycles. The van der Waals surface area contributed by atoms with E-state index in [0.29, 0.717) is 0 Å². The lowest BCUT2D eigenvalue weighted by Crippen LogP contribution is -2.42. The smallest absolute Gasteiger partial charge is 0.337 e. The van der Waals surface area contributed by atoms with Crippen LogP contribution in [0.4, 0.5) is 0 Å². The second kappa shape index (κ2) is 18.8. The molecule has 0 aliphatic heterocycles. The third-order valence-electron chi connectivity index (χ3n) is 6.07. The molecule has 176 valence electrons. The molecule has 5 nitrogen and oxygen atoms in total. The van der Waals surface area contributed by atoms with E-state index < -0.39 is 8.56 Å². The van der Waals surface area contributed by atoms with Gasteiger partial charge < -0.3 is 23.6 Å². The molecule has 0 radical (unpaired) electrons. The molecule has 0 heterocycles. The van der Waals surface area contributed by atoms with Crippen molar-refractivity contribution in [3.63, 3.8) is 0 Å². The zero-order chi connectivity index (χ0) is 22.0. The van der Waals surface area contributed by atoms with Crippen molar-refractivity contribution in [2.24, 2.45) is 0 Å². The van der Waals surface area contributed by atoms with Crippen molar-refractivity contribution in [2.45, 2.75) is 79.8 Å². The highest BCUT2D eigenvalue weighted by Crippen LogP contribution is 2.21. The Morgan fingerprint density at radius 3 is 1.24 bits per heavy atom. The minimum atomic E-state index is -2.00. The van der Waals surface area contributed by atoms with E-state index >= 15 is 0 Å². The highest BCUT2D eigenvalue weighted by atomic mass is 28.4. The molecule has 0 aromatic heterocycles. The molecule has 0 aliphatic rings. The van der Waals surface area contributed by atoms with Crippen LogP contribution < -0.4 is 0 Å². The minimum Gasteiger partial charge on any atom is -0.394 e. The summed E-state index contributed by atoms with van der Waals surface area (Å²) in [5.74, 6) is 0. The molecular formula is C23H53N3O2Si. The molecule has 0 aromatic carbocycles. The molecule has 0 amide bonds. The predicted octanol–water partition coefficient (Wildman–Crippen LogP) is 4.68. The maximum absolute atomic E-state index is 6.17. The molecule has 0 unspecified atom stereocenters. The van der Waals surface area contributed by atoms with Gasteiger partial charge in [-0.15, -0.1) is 0 Å². The number of rotatable bonds is 21. The largest absolute Gasteiger partial charge is 0.394 e. The SMILES string of the molecule is CCO[Si](CC)(CCCN(CCCN(CC)CC)CCCN(CC)CC)OCC. The van der Waals surface area contributed by atoms with Gasteiger partial charge >= 0.3 is 8.56 Å². The van der Waals surface area contributed by atoms with Gasteiger partial charge in [0.25, 0.3) is 0 Å². The summed E-state index contributed by atoms with van der Waals surface area (Å²) in [6.45, 7) is 27.7. The fraction of sp³-hybridized carbons (Fsp3) is 1.00.